The van der Waals surface area contributed by atoms with Gasteiger partial charge in [0.15, 0.2) is 0 Å². The molecule has 144 valence electrons. The number of amides is 1. The highest BCUT2D eigenvalue weighted by molar-refractivity contribution is 5.94. The van der Waals surface area contributed by atoms with Gasteiger partial charge in [-0.25, -0.2) is 8.78 Å². The van der Waals surface area contributed by atoms with Gasteiger partial charge in [0.05, 0.1) is 30.2 Å². The third-order valence-electron chi connectivity index (χ3n) is 4.07. The molecule has 2 N–H and O–H groups in total. The molecule has 0 atom stereocenters. The van der Waals surface area contributed by atoms with Crippen LogP contribution in [0.2, 0.25) is 0 Å². The van der Waals surface area contributed by atoms with E-state index in [4.69, 9.17) is 4.74 Å². The zero-order valence-electron chi connectivity index (χ0n) is 15.2. The first-order chi connectivity index (χ1) is 13.5. The molecule has 0 saturated heterocycles. The molecule has 0 fully saturated rings. The Morgan fingerprint density at radius 2 is 1.86 bits per heavy atom. The number of hydrogen-bond donors (Lipinski definition) is 2. The standard InChI is InChI=1S/C21H19F2N3O2/c1-28-18-5-2-14(3-6-18)8-9-25-21(27)15-10-17(13-24-12-15)26-20-7-4-16(22)11-19(20)23/h2-7,10-13,26H,8-9H2,1H3,(H,25,27). The summed E-state index contributed by atoms with van der Waals surface area (Å²) < 4.78 is 31.9. The average molecular weight is 383 g/mol. The summed E-state index contributed by atoms with van der Waals surface area (Å²) in [5, 5.41) is 5.62. The molecule has 7 heteroatoms. The van der Waals surface area contributed by atoms with Crippen LogP contribution in [0, 0.1) is 11.6 Å². The number of pyridine rings is 1. The summed E-state index contributed by atoms with van der Waals surface area (Å²) in [5.74, 6) is -0.898. The molecule has 0 bridgehead atoms. The average Bonchev–Trinajstić information content (AvgIpc) is 2.71. The van der Waals surface area contributed by atoms with Crippen LogP contribution in [0.15, 0.2) is 60.9 Å². The number of nitrogens with zero attached hydrogens (tertiary/aromatic N) is 1. The van der Waals surface area contributed by atoms with Crippen molar-refractivity contribution in [3.05, 3.63) is 83.7 Å². The summed E-state index contributed by atoms with van der Waals surface area (Å²) in [6.45, 7) is 0.454. The van der Waals surface area contributed by atoms with E-state index in [0.29, 0.717) is 24.2 Å². The van der Waals surface area contributed by atoms with E-state index in [-0.39, 0.29) is 11.6 Å². The summed E-state index contributed by atoms with van der Waals surface area (Å²) in [7, 11) is 1.61. The number of benzene rings is 2. The highest BCUT2D eigenvalue weighted by atomic mass is 19.1. The molecule has 1 heterocycles. The van der Waals surface area contributed by atoms with E-state index in [1.54, 1.807) is 13.2 Å². The molecule has 0 unspecified atom stereocenters. The first-order valence-corrected chi connectivity index (χ1v) is 8.63. The van der Waals surface area contributed by atoms with Gasteiger partial charge in [-0.05, 0) is 42.3 Å². The Balaban J connectivity index is 1.58. The first-order valence-electron chi connectivity index (χ1n) is 8.63. The number of carbonyl (C=O) groups is 1. The molecule has 5 nitrogen and oxygen atoms in total. The highest BCUT2D eigenvalue weighted by Gasteiger charge is 2.09. The monoisotopic (exact) mass is 383 g/mol. The Bertz CT molecular complexity index is 962. The third kappa shape index (κ3) is 5.03. The van der Waals surface area contributed by atoms with E-state index < -0.39 is 11.6 Å². The van der Waals surface area contributed by atoms with E-state index in [0.717, 1.165) is 23.4 Å². The predicted molar refractivity (Wildman–Crippen MR) is 103 cm³/mol. The number of carbonyl (C=O) groups excluding carboxylic acids is 1. The van der Waals surface area contributed by atoms with Gasteiger partial charge in [0.25, 0.3) is 5.91 Å². The highest BCUT2D eigenvalue weighted by Crippen LogP contribution is 2.20. The quantitative estimate of drug-likeness (QED) is 0.645. The summed E-state index contributed by atoms with van der Waals surface area (Å²) in [6, 6.07) is 12.4. The molecule has 0 spiro atoms. The summed E-state index contributed by atoms with van der Waals surface area (Å²) >= 11 is 0. The van der Waals surface area contributed by atoms with Crippen molar-refractivity contribution < 1.29 is 18.3 Å². The van der Waals surface area contributed by atoms with E-state index in [1.165, 1.54) is 18.5 Å². The Labute approximate surface area is 161 Å². The molecule has 0 radical (unpaired) electrons. The molecule has 0 aliphatic heterocycles. The van der Waals surface area contributed by atoms with Gasteiger partial charge in [-0.2, -0.15) is 0 Å². The molecular weight excluding hydrogens is 364 g/mol. The number of nitrogens with one attached hydrogen (secondary N) is 2. The summed E-state index contributed by atoms with van der Waals surface area (Å²) in [6.07, 6.45) is 3.55. The van der Waals surface area contributed by atoms with Gasteiger partial charge in [0, 0.05) is 18.8 Å². The van der Waals surface area contributed by atoms with Crippen LogP contribution in [-0.4, -0.2) is 24.5 Å². The van der Waals surface area contributed by atoms with Crippen molar-refractivity contribution in [2.45, 2.75) is 6.42 Å². The van der Waals surface area contributed by atoms with E-state index >= 15 is 0 Å². The molecule has 1 amide bonds. The van der Waals surface area contributed by atoms with Crippen molar-refractivity contribution in [1.82, 2.24) is 10.3 Å². The molecule has 3 rings (SSSR count). The van der Waals surface area contributed by atoms with Crippen molar-refractivity contribution in [2.75, 3.05) is 19.0 Å². The van der Waals surface area contributed by atoms with Gasteiger partial charge in [0.1, 0.15) is 17.4 Å². The topological polar surface area (TPSA) is 63.2 Å². The Hall–Kier alpha value is -3.48. The van der Waals surface area contributed by atoms with Crippen LogP contribution >= 0.6 is 0 Å². The molecule has 0 aliphatic rings. The number of rotatable bonds is 7. The lowest BCUT2D eigenvalue weighted by Crippen LogP contribution is -2.25. The van der Waals surface area contributed by atoms with Crippen molar-refractivity contribution in [2.24, 2.45) is 0 Å². The molecular formula is C21H19F2N3O2. The van der Waals surface area contributed by atoms with Crippen LogP contribution in [0.1, 0.15) is 15.9 Å². The number of halogens is 2. The van der Waals surface area contributed by atoms with Crippen LogP contribution < -0.4 is 15.4 Å². The lowest BCUT2D eigenvalue weighted by molar-refractivity contribution is 0.0954. The molecule has 3 aromatic rings. The van der Waals surface area contributed by atoms with Gasteiger partial charge in [0.2, 0.25) is 0 Å². The van der Waals surface area contributed by atoms with E-state index in [2.05, 4.69) is 15.6 Å². The second-order valence-electron chi connectivity index (χ2n) is 6.07. The van der Waals surface area contributed by atoms with Crippen molar-refractivity contribution in [1.29, 1.82) is 0 Å². The Morgan fingerprint density at radius 3 is 2.57 bits per heavy atom. The minimum Gasteiger partial charge on any atom is -0.497 e. The maximum absolute atomic E-state index is 13.8. The van der Waals surface area contributed by atoms with Crippen molar-refractivity contribution in [3.63, 3.8) is 0 Å². The van der Waals surface area contributed by atoms with E-state index in [9.17, 15) is 13.6 Å². The van der Waals surface area contributed by atoms with Gasteiger partial charge in [-0.1, -0.05) is 12.1 Å². The van der Waals surface area contributed by atoms with Gasteiger partial charge < -0.3 is 15.4 Å². The third-order valence-corrected chi connectivity index (χ3v) is 4.07. The fourth-order valence-corrected chi connectivity index (χ4v) is 2.59. The maximum Gasteiger partial charge on any atom is 0.252 e. The van der Waals surface area contributed by atoms with Gasteiger partial charge in [-0.3, -0.25) is 9.78 Å². The number of aromatic nitrogens is 1. The Kier molecular flexibility index (Phi) is 6.16. The number of methoxy groups -OCH3 is 1. The lowest BCUT2D eigenvalue weighted by atomic mass is 10.1. The van der Waals surface area contributed by atoms with Crippen molar-refractivity contribution >= 4 is 17.3 Å². The van der Waals surface area contributed by atoms with Crippen LogP contribution in [0.3, 0.4) is 0 Å². The fourth-order valence-electron chi connectivity index (χ4n) is 2.59. The molecule has 1 aromatic heterocycles. The molecule has 28 heavy (non-hydrogen) atoms. The first kappa shape index (κ1) is 19.3. The number of hydrogen-bond acceptors (Lipinski definition) is 4. The molecule has 2 aromatic carbocycles. The zero-order chi connectivity index (χ0) is 19.9. The van der Waals surface area contributed by atoms with Gasteiger partial charge in [-0.15, -0.1) is 0 Å². The smallest absolute Gasteiger partial charge is 0.252 e. The fraction of sp³-hybridized carbons (Fsp3) is 0.143. The summed E-state index contributed by atoms with van der Waals surface area (Å²) in [4.78, 5) is 16.3. The number of anilines is 2. The minimum absolute atomic E-state index is 0.0975. The van der Waals surface area contributed by atoms with Crippen LogP contribution in [0.25, 0.3) is 0 Å². The normalized spacial score (nSPS) is 10.4. The second-order valence-corrected chi connectivity index (χ2v) is 6.07. The minimum atomic E-state index is -0.727. The molecule has 0 aliphatic carbocycles. The maximum atomic E-state index is 13.8. The lowest BCUT2D eigenvalue weighted by Gasteiger charge is -2.10. The van der Waals surface area contributed by atoms with Crippen LogP contribution in [-0.2, 0) is 6.42 Å². The number of ether oxygens (including phenoxy) is 1. The van der Waals surface area contributed by atoms with Crippen LogP contribution in [0.4, 0.5) is 20.2 Å². The van der Waals surface area contributed by atoms with Gasteiger partial charge >= 0.3 is 0 Å². The summed E-state index contributed by atoms with van der Waals surface area (Å²) in [5.41, 5.74) is 1.93. The Morgan fingerprint density at radius 1 is 1.07 bits per heavy atom. The van der Waals surface area contributed by atoms with Crippen molar-refractivity contribution in [3.8, 4) is 5.75 Å². The largest absolute Gasteiger partial charge is 0.497 e. The van der Waals surface area contributed by atoms with Crippen LogP contribution in [0.5, 0.6) is 5.75 Å². The predicted octanol–water partition coefficient (Wildman–Crippen LogP) is 4.08. The zero-order valence-corrected chi connectivity index (χ0v) is 15.2. The van der Waals surface area contributed by atoms with E-state index in [1.807, 2.05) is 24.3 Å². The molecule has 0 saturated carbocycles. The second kappa shape index (κ2) is 8.94. The SMILES string of the molecule is COc1ccc(CCNC(=O)c2cncc(Nc3ccc(F)cc3F)c2)cc1.